The summed E-state index contributed by atoms with van der Waals surface area (Å²) >= 11 is 6.20. The highest BCUT2D eigenvalue weighted by Gasteiger charge is 2.16. The summed E-state index contributed by atoms with van der Waals surface area (Å²) in [7, 11) is 0. The fraction of sp³-hybridized carbons (Fsp3) is 0.174. The van der Waals surface area contributed by atoms with Crippen molar-refractivity contribution in [3.8, 4) is 11.3 Å². The first-order valence-corrected chi connectivity index (χ1v) is 10.0. The Bertz CT molecular complexity index is 1190. The molecular formula is C23H20ClFN4O. The first-order chi connectivity index (χ1) is 14.5. The number of hydrogen-bond acceptors (Lipinski definition) is 3. The maximum Gasteiger partial charge on any atom is 0.272 e. The van der Waals surface area contributed by atoms with Crippen molar-refractivity contribution in [3.63, 3.8) is 0 Å². The molecule has 1 N–H and O–H groups in total. The zero-order valence-electron chi connectivity index (χ0n) is 16.3. The molecule has 30 heavy (non-hydrogen) atoms. The van der Waals surface area contributed by atoms with E-state index in [0.29, 0.717) is 5.65 Å². The largest absolute Gasteiger partial charge is 0.348 e. The van der Waals surface area contributed by atoms with Crippen LogP contribution in [0.3, 0.4) is 0 Å². The number of fused-ring (bicyclic) bond motifs is 1. The van der Waals surface area contributed by atoms with Gasteiger partial charge in [-0.25, -0.2) is 13.9 Å². The number of hydrogen-bond donors (Lipinski definition) is 1. The summed E-state index contributed by atoms with van der Waals surface area (Å²) in [6.45, 7) is 1.95. The van der Waals surface area contributed by atoms with E-state index in [1.54, 1.807) is 35.0 Å². The molecule has 1 atom stereocenters. The van der Waals surface area contributed by atoms with Gasteiger partial charge in [-0.15, -0.1) is 0 Å². The molecule has 0 spiro atoms. The van der Waals surface area contributed by atoms with Crippen LogP contribution in [0, 0.1) is 5.82 Å². The highest BCUT2D eigenvalue weighted by Crippen LogP contribution is 2.21. The van der Waals surface area contributed by atoms with Gasteiger partial charge in [0.1, 0.15) is 5.82 Å². The molecule has 7 heteroatoms. The van der Waals surface area contributed by atoms with Gasteiger partial charge in [0.2, 0.25) is 0 Å². The summed E-state index contributed by atoms with van der Waals surface area (Å²) in [6, 6.07) is 17.2. The molecule has 5 nitrogen and oxygen atoms in total. The molecule has 2 aromatic heterocycles. The second kappa shape index (κ2) is 8.63. The number of amides is 1. The van der Waals surface area contributed by atoms with Crippen LogP contribution in [-0.2, 0) is 6.42 Å². The van der Waals surface area contributed by atoms with Gasteiger partial charge >= 0.3 is 0 Å². The Hall–Kier alpha value is -3.25. The predicted molar refractivity (Wildman–Crippen MR) is 115 cm³/mol. The van der Waals surface area contributed by atoms with Crippen molar-refractivity contribution >= 4 is 23.2 Å². The van der Waals surface area contributed by atoms with Crippen molar-refractivity contribution in [3.05, 3.63) is 89.0 Å². The number of aryl methyl sites for hydroxylation is 1. The van der Waals surface area contributed by atoms with Crippen LogP contribution in [0.1, 0.15) is 29.4 Å². The average Bonchev–Trinajstić information content (AvgIpc) is 3.18. The number of nitrogens with one attached hydrogen (secondary N) is 1. The van der Waals surface area contributed by atoms with E-state index in [4.69, 9.17) is 11.6 Å². The summed E-state index contributed by atoms with van der Waals surface area (Å²) in [5.74, 6) is -0.576. The lowest BCUT2D eigenvalue weighted by atomic mass is 10.1. The van der Waals surface area contributed by atoms with Crippen molar-refractivity contribution in [2.24, 2.45) is 0 Å². The molecule has 2 aromatic carbocycles. The Labute approximate surface area is 178 Å². The van der Waals surface area contributed by atoms with Crippen LogP contribution >= 0.6 is 11.6 Å². The van der Waals surface area contributed by atoms with Gasteiger partial charge < -0.3 is 5.32 Å². The molecule has 1 amide bonds. The number of aromatic nitrogens is 3. The molecule has 0 saturated carbocycles. The summed E-state index contributed by atoms with van der Waals surface area (Å²) in [6.07, 6.45) is 3.16. The monoisotopic (exact) mass is 422 g/mol. The van der Waals surface area contributed by atoms with E-state index in [1.165, 1.54) is 12.1 Å². The van der Waals surface area contributed by atoms with E-state index in [0.717, 1.165) is 34.7 Å². The molecule has 4 aromatic rings. The van der Waals surface area contributed by atoms with E-state index in [1.807, 2.05) is 31.2 Å². The Morgan fingerprint density at radius 2 is 1.93 bits per heavy atom. The third kappa shape index (κ3) is 4.33. The third-order valence-corrected chi connectivity index (χ3v) is 5.28. The van der Waals surface area contributed by atoms with Crippen LogP contribution in [0.4, 0.5) is 4.39 Å². The van der Waals surface area contributed by atoms with E-state index in [-0.39, 0.29) is 23.5 Å². The molecule has 0 saturated heterocycles. The van der Waals surface area contributed by atoms with Gasteiger partial charge in [0.05, 0.1) is 5.69 Å². The van der Waals surface area contributed by atoms with Crippen molar-refractivity contribution in [2.75, 3.05) is 0 Å². The van der Waals surface area contributed by atoms with Gasteiger partial charge in [0.15, 0.2) is 11.3 Å². The Kier molecular flexibility index (Phi) is 5.77. The summed E-state index contributed by atoms with van der Waals surface area (Å²) in [5, 5.41) is 8.13. The predicted octanol–water partition coefficient (Wildman–Crippen LogP) is 4.94. The Balaban J connectivity index is 1.49. The van der Waals surface area contributed by atoms with Crippen LogP contribution in [0.25, 0.3) is 16.9 Å². The maximum absolute atomic E-state index is 13.2. The first-order valence-electron chi connectivity index (χ1n) is 9.66. The van der Waals surface area contributed by atoms with Gasteiger partial charge in [0, 0.05) is 28.9 Å². The summed E-state index contributed by atoms with van der Waals surface area (Å²) < 4.78 is 14.8. The van der Waals surface area contributed by atoms with Crippen molar-refractivity contribution in [1.29, 1.82) is 0 Å². The topological polar surface area (TPSA) is 59.3 Å². The van der Waals surface area contributed by atoms with E-state index >= 15 is 0 Å². The van der Waals surface area contributed by atoms with Crippen molar-refractivity contribution < 1.29 is 9.18 Å². The first kappa shape index (κ1) is 20.0. The molecule has 0 radical (unpaired) electrons. The highest BCUT2D eigenvalue weighted by molar-refractivity contribution is 6.31. The minimum Gasteiger partial charge on any atom is -0.348 e. The lowest BCUT2D eigenvalue weighted by Gasteiger charge is -2.13. The molecule has 0 aliphatic heterocycles. The molecule has 0 aliphatic carbocycles. The highest BCUT2D eigenvalue weighted by atomic mass is 35.5. The van der Waals surface area contributed by atoms with Crippen LogP contribution in [0.2, 0.25) is 5.02 Å². The summed E-state index contributed by atoms with van der Waals surface area (Å²) in [5.41, 5.74) is 3.39. The molecule has 1 unspecified atom stereocenters. The SMILES string of the molecule is CC(CCc1ccccc1Cl)NC(=O)c1cc2nccc(-c3ccc(F)cc3)n2n1. The number of rotatable bonds is 6. The number of carbonyl (C=O) groups excluding carboxylic acids is 1. The van der Waals surface area contributed by atoms with E-state index < -0.39 is 0 Å². The third-order valence-electron chi connectivity index (χ3n) is 4.91. The standard InChI is InChI=1S/C23H20ClFN4O/c1-15(6-7-16-4-2-3-5-19(16)24)27-23(30)20-14-22-26-13-12-21(29(22)28-20)17-8-10-18(25)11-9-17/h2-5,8-15H,6-7H2,1H3,(H,27,30). The quantitative estimate of drug-likeness (QED) is 0.478. The molecule has 152 valence electrons. The molecule has 4 rings (SSSR count). The van der Waals surface area contributed by atoms with Gasteiger partial charge in [-0.3, -0.25) is 4.79 Å². The zero-order valence-corrected chi connectivity index (χ0v) is 17.1. The van der Waals surface area contributed by atoms with Gasteiger partial charge in [0.25, 0.3) is 5.91 Å². The normalized spacial score (nSPS) is 12.1. The maximum atomic E-state index is 13.2. The lowest BCUT2D eigenvalue weighted by molar-refractivity contribution is 0.0933. The Morgan fingerprint density at radius 1 is 1.17 bits per heavy atom. The van der Waals surface area contributed by atoms with Crippen LogP contribution in [-0.4, -0.2) is 26.5 Å². The minimum atomic E-state index is -0.310. The van der Waals surface area contributed by atoms with E-state index in [9.17, 15) is 9.18 Å². The van der Waals surface area contributed by atoms with Crippen LogP contribution in [0.5, 0.6) is 0 Å². The zero-order chi connectivity index (χ0) is 21.1. The van der Waals surface area contributed by atoms with E-state index in [2.05, 4.69) is 15.4 Å². The molecule has 2 heterocycles. The second-order valence-corrected chi connectivity index (χ2v) is 7.55. The number of nitrogens with zero attached hydrogens (tertiary/aromatic N) is 3. The fourth-order valence-electron chi connectivity index (χ4n) is 3.29. The van der Waals surface area contributed by atoms with Gasteiger partial charge in [-0.2, -0.15) is 5.10 Å². The lowest BCUT2D eigenvalue weighted by Crippen LogP contribution is -2.33. The average molecular weight is 423 g/mol. The molecule has 0 bridgehead atoms. The number of carbonyl (C=O) groups is 1. The van der Waals surface area contributed by atoms with Gasteiger partial charge in [-0.1, -0.05) is 29.8 Å². The summed E-state index contributed by atoms with van der Waals surface area (Å²) in [4.78, 5) is 17.0. The Morgan fingerprint density at radius 3 is 2.70 bits per heavy atom. The molecule has 0 aliphatic rings. The molecular weight excluding hydrogens is 403 g/mol. The smallest absolute Gasteiger partial charge is 0.272 e. The van der Waals surface area contributed by atoms with Gasteiger partial charge in [-0.05, 0) is 61.7 Å². The molecule has 0 fully saturated rings. The van der Waals surface area contributed by atoms with Crippen LogP contribution in [0.15, 0.2) is 66.9 Å². The number of halogens is 2. The number of benzene rings is 2. The second-order valence-electron chi connectivity index (χ2n) is 7.14. The van der Waals surface area contributed by atoms with Crippen LogP contribution < -0.4 is 5.32 Å². The van der Waals surface area contributed by atoms with Crippen molar-refractivity contribution in [2.45, 2.75) is 25.8 Å². The minimum absolute atomic E-state index is 0.0527. The van der Waals surface area contributed by atoms with Crippen molar-refractivity contribution in [1.82, 2.24) is 19.9 Å². The fourth-order valence-corrected chi connectivity index (χ4v) is 3.52.